The van der Waals surface area contributed by atoms with Gasteiger partial charge in [-0.3, -0.25) is 4.90 Å². The van der Waals surface area contributed by atoms with E-state index < -0.39 is 0 Å². The van der Waals surface area contributed by atoms with E-state index in [0.717, 1.165) is 19.1 Å². The lowest BCUT2D eigenvalue weighted by molar-refractivity contribution is 0.123. The Bertz CT molecular complexity index is 460. The minimum atomic E-state index is 0.548. The summed E-state index contributed by atoms with van der Waals surface area (Å²) in [6, 6.07) is 7.47. The van der Waals surface area contributed by atoms with Crippen LogP contribution in [0.15, 0.2) is 22.7 Å². The summed E-state index contributed by atoms with van der Waals surface area (Å²) in [6.07, 6.45) is 5.37. The van der Waals surface area contributed by atoms with Gasteiger partial charge in [0, 0.05) is 23.6 Å². The molecular weight excluding hydrogens is 324 g/mol. The van der Waals surface area contributed by atoms with Gasteiger partial charge in [0.25, 0.3) is 0 Å². The van der Waals surface area contributed by atoms with Crippen LogP contribution in [0, 0.1) is 5.41 Å². The van der Waals surface area contributed by atoms with Crippen LogP contribution in [0.25, 0.3) is 0 Å². The van der Waals surface area contributed by atoms with Gasteiger partial charge in [-0.25, -0.2) is 0 Å². The van der Waals surface area contributed by atoms with Crippen molar-refractivity contribution < 1.29 is 0 Å². The summed E-state index contributed by atoms with van der Waals surface area (Å²) >= 11 is 3.73. The van der Waals surface area contributed by atoms with E-state index in [1.165, 1.54) is 41.3 Å². The Labute approximate surface area is 138 Å². The van der Waals surface area contributed by atoms with E-state index >= 15 is 0 Å². The molecular formula is C18H29BrN2. The van der Waals surface area contributed by atoms with E-state index in [0.29, 0.717) is 5.41 Å². The van der Waals surface area contributed by atoms with Crippen LogP contribution in [0.5, 0.6) is 0 Å². The first kappa shape index (κ1) is 17.0. The van der Waals surface area contributed by atoms with Crippen molar-refractivity contribution in [3.8, 4) is 0 Å². The second-order valence-corrected chi connectivity index (χ2v) is 8.12. The van der Waals surface area contributed by atoms with Crippen molar-refractivity contribution in [2.75, 3.05) is 14.1 Å². The maximum atomic E-state index is 3.73. The number of halogens is 1. The van der Waals surface area contributed by atoms with Gasteiger partial charge >= 0.3 is 0 Å². The highest BCUT2D eigenvalue weighted by atomic mass is 79.9. The minimum absolute atomic E-state index is 0.548. The lowest BCUT2D eigenvalue weighted by Crippen LogP contribution is -2.36. The van der Waals surface area contributed by atoms with E-state index in [9.17, 15) is 0 Å². The van der Waals surface area contributed by atoms with Gasteiger partial charge in [-0.15, -0.1) is 0 Å². The second-order valence-electron chi connectivity index (χ2n) is 7.27. The number of benzene rings is 1. The Kier molecular flexibility index (Phi) is 5.87. The van der Waals surface area contributed by atoms with E-state index in [-0.39, 0.29) is 0 Å². The van der Waals surface area contributed by atoms with Crippen LogP contribution in [-0.4, -0.2) is 25.0 Å². The van der Waals surface area contributed by atoms with E-state index in [1.54, 1.807) is 0 Å². The molecule has 0 unspecified atom stereocenters. The average molecular weight is 353 g/mol. The average Bonchev–Trinajstić information content (AvgIpc) is 2.42. The molecule has 0 bridgehead atoms. The molecule has 0 atom stereocenters. The van der Waals surface area contributed by atoms with Gasteiger partial charge in [-0.05, 0) is 62.4 Å². The molecule has 1 aromatic rings. The van der Waals surface area contributed by atoms with Crippen molar-refractivity contribution in [2.24, 2.45) is 5.41 Å². The summed E-state index contributed by atoms with van der Waals surface area (Å²) in [7, 11) is 4.26. The van der Waals surface area contributed by atoms with Gasteiger partial charge in [0.2, 0.25) is 0 Å². The summed E-state index contributed by atoms with van der Waals surface area (Å²) < 4.78 is 1.23. The standard InChI is InChI=1S/C18H29BrN2/c1-18(2)9-7-16(8-10-18)21(4)13-15-6-5-14(12-20-3)11-17(15)19/h5-6,11,16,20H,7-10,12-13H2,1-4H3. The molecule has 0 spiro atoms. The van der Waals surface area contributed by atoms with Crippen LogP contribution >= 0.6 is 15.9 Å². The summed E-state index contributed by atoms with van der Waals surface area (Å²) in [5.41, 5.74) is 3.27. The van der Waals surface area contributed by atoms with Gasteiger partial charge in [0.05, 0.1) is 0 Å². The number of nitrogens with zero attached hydrogens (tertiary/aromatic N) is 1. The molecule has 1 aromatic carbocycles. The molecule has 0 saturated heterocycles. The zero-order valence-corrected chi connectivity index (χ0v) is 15.5. The van der Waals surface area contributed by atoms with Crippen molar-refractivity contribution >= 4 is 15.9 Å². The Morgan fingerprint density at radius 1 is 1.29 bits per heavy atom. The number of hydrogen-bond acceptors (Lipinski definition) is 2. The highest BCUT2D eigenvalue weighted by Crippen LogP contribution is 2.37. The van der Waals surface area contributed by atoms with Gasteiger partial charge < -0.3 is 5.32 Å². The molecule has 1 saturated carbocycles. The first-order valence-electron chi connectivity index (χ1n) is 8.03. The molecule has 0 aromatic heterocycles. The first-order valence-corrected chi connectivity index (χ1v) is 8.83. The zero-order chi connectivity index (χ0) is 15.5. The summed E-state index contributed by atoms with van der Waals surface area (Å²) in [5.74, 6) is 0. The van der Waals surface area contributed by atoms with Crippen molar-refractivity contribution in [2.45, 2.75) is 58.7 Å². The molecule has 3 heteroatoms. The lowest BCUT2D eigenvalue weighted by Gasteiger charge is -2.38. The van der Waals surface area contributed by atoms with Crippen LogP contribution in [-0.2, 0) is 13.1 Å². The molecule has 0 amide bonds. The highest BCUT2D eigenvalue weighted by molar-refractivity contribution is 9.10. The third-order valence-corrected chi connectivity index (χ3v) is 5.59. The quantitative estimate of drug-likeness (QED) is 0.834. The zero-order valence-electron chi connectivity index (χ0n) is 13.9. The molecule has 1 fully saturated rings. The predicted molar refractivity (Wildman–Crippen MR) is 94.4 cm³/mol. The van der Waals surface area contributed by atoms with Crippen molar-refractivity contribution in [3.63, 3.8) is 0 Å². The maximum Gasteiger partial charge on any atom is 0.0244 e. The van der Waals surface area contributed by atoms with Gasteiger partial charge in [0.15, 0.2) is 0 Å². The largest absolute Gasteiger partial charge is 0.316 e. The van der Waals surface area contributed by atoms with Crippen LogP contribution < -0.4 is 5.32 Å². The summed E-state index contributed by atoms with van der Waals surface area (Å²) in [5, 5.41) is 3.20. The van der Waals surface area contributed by atoms with Gasteiger partial charge in [-0.1, -0.05) is 41.9 Å². The molecule has 0 heterocycles. The fraction of sp³-hybridized carbons (Fsp3) is 0.667. The third kappa shape index (κ3) is 4.80. The van der Waals surface area contributed by atoms with E-state index in [2.05, 4.69) is 65.2 Å². The Morgan fingerprint density at radius 2 is 1.95 bits per heavy atom. The molecule has 2 rings (SSSR count). The van der Waals surface area contributed by atoms with E-state index in [4.69, 9.17) is 0 Å². The second kappa shape index (κ2) is 7.26. The number of hydrogen-bond donors (Lipinski definition) is 1. The lowest BCUT2D eigenvalue weighted by atomic mass is 9.75. The fourth-order valence-corrected chi connectivity index (χ4v) is 3.81. The highest BCUT2D eigenvalue weighted by Gasteiger charge is 2.28. The summed E-state index contributed by atoms with van der Waals surface area (Å²) in [6.45, 7) is 6.76. The van der Waals surface area contributed by atoms with Crippen LogP contribution in [0.1, 0.15) is 50.7 Å². The monoisotopic (exact) mass is 352 g/mol. The number of nitrogens with one attached hydrogen (secondary N) is 1. The van der Waals surface area contributed by atoms with E-state index in [1.807, 2.05) is 7.05 Å². The Hall–Kier alpha value is -0.380. The maximum absolute atomic E-state index is 3.73. The molecule has 118 valence electrons. The van der Waals surface area contributed by atoms with Crippen LogP contribution in [0.4, 0.5) is 0 Å². The van der Waals surface area contributed by atoms with Crippen LogP contribution in [0.2, 0.25) is 0 Å². The third-order valence-electron chi connectivity index (χ3n) is 4.85. The molecule has 1 N–H and O–H groups in total. The Balaban J connectivity index is 1.95. The van der Waals surface area contributed by atoms with Crippen molar-refractivity contribution in [1.82, 2.24) is 10.2 Å². The molecule has 0 aliphatic heterocycles. The molecule has 21 heavy (non-hydrogen) atoms. The predicted octanol–water partition coefficient (Wildman–Crippen LogP) is 4.57. The normalized spacial score (nSPS) is 19.1. The van der Waals surface area contributed by atoms with Crippen LogP contribution in [0.3, 0.4) is 0 Å². The topological polar surface area (TPSA) is 15.3 Å². The molecule has 2 nitrogen and oxygen atoms in total. The SMILES string of the molecule is CNCc1ccc(CN(C)C2CCC(C)(C)CC2)c(Br)c1. The number of rotatable bonds is 5. The smallest absolute Gasteiger partial charge is 0.0244 e. The summed E-state index contributed by atoms with van der Waals surface area (Å²) in [4.78, 5) is 2.53. The van der Waals surface area contributed by atoms with Crippen molar-refractivity contribution in [1.29, 1.82) is 0 Å². The van der Waals surface area contributed by atoms with Crippen molar-refractivity contribution in [3.05, 3.63) is 33.8 Å². The first-order chi connectivity index (χ1) is 9.91. The minimum Gasteiger partial charge on any atom is -0.316 e. The Morgan fingerprint density at radius 3 is 2.52 bits per heavy atom. The van der Waals surface area contributed by atoms with Gasteiger partial charge in [0.1, 0.15) is 0 Å². The molecule has 0 radical (unpaired) electrons. The fourth-order valence-electron chi connectivity index (χ4n) is 3.26. The van der Waals surface area contributed by atoms with Gasteiger partial charge in [-0.2, -0.15) is 0 Å². The molecule has 1 aliphatic carbocycles. The molecule has 1 aliphatic rings.